The molecule has 0 spiro atoms. The maximum Gasteiger partial charge on any atom is 0.0540 e. The Morgan fingerprint density at radius 2 is 1.96 bits per heavy atom. The number of aryl methyl sites for hydroxylation is 1. The first-order valence-corrected chi connectivity index (χ1v) is 9.73. The first kappa shape index (κ1) is 16.8. The molecule has 0 N–H and O–H groups in total. The molecule has 0 unspecified atom stereocenters. The van der Waals surface area contributed by atoms with Gasteiger partial charge in [0.2, 0.25) is 0 Å². The van der Waals surface area contributed by atoms with Gasteiger partial charge < -0.3 is 4.90 Å². The molecule has 2 aliphatic rings. The van der Waals surface area contributed by atoms with Gasteiger partial charge in [-0.3, -0.25) is 9.58 Å². The number of benzene rings is 1. The van der Waals surface area contributed by atoms with E-state index in [1.807, 2.05) is 4.68 Å². The van der Waals surface area contributed by atoms with E-state index in [9.17, 15) is 0 Å². The fourth-order valence-electron chi connectivity index (χ4n) is 4.62. The van der Waals surface area contributed by atoms with E-state index in [2.05, 4.69) is 65.4 Å². The first-order chi connectivity index (χ1) is 12.2. The number of nitrogens with zero attached hydrogens (tertiary/aromatic N) is 4. The highest BCUT2D eigenvalue weighted by atomic mass is 15.3. The van der Waals surface area contributed by atoms with Crippen LogP contribution in [-0.2, 0) is 13.5 Å². The van der Waals surface area contributed by atoms with E-state index in [1.165, 1.54) is 68.7 Å². The van der Waals surface area contributed by atoms with Crippen LogP contribution in [0.5, 0.6) is 0 Å². The van der Waals surface area contributed by atoms with Crippen molar-refractivity contribution in [2.45, 2.75) is 44.7 Å². The maximum atomic E-state index is 4.48. The molecule has 2 fully saturated rings. The van der Waals surface area contributed by atoms with Crippen LogP contribution in [0, 0.1) is 6.92 Å². The second kappa shape index (κ2) is 7.30. The second-order valence-corrected chi connectivity index (χ2v) is 7.68. The van der Waals surface area contributed by atoms with E-state index in [0.717, 1.165) is 0 Å². The fourth-order valence-corrected chi connectivity index (χ4v) is 4.62. The second-order valence-electron chi connectivity index (χ2n) is 7.68. The zero-order chi connectivity index (χ0) is 17.2. The number of hydrogen-bond acceptors (Lipinski definition) is 3. The van der Waals surface area contributed by atoms with Crippen molar-refractivity contribution in [3.05, 3.63) is 53.3 Å². The molecule has 1 aromatic heterocycles. The van der Waals surface area contributed by atoms with Crippen LogP contribution in [-0.4, -0.2) is 51.8 Å². The smallest absolute Gasteiger partial charge is 0.0540 e. The van der Waals surface area contributed by atoms with Gasteiger partial charge in [-0.25, -0.2) is 0 Å². The molecule has 0 aliphatic carbocycles. The molecule has 2 aromatic rings. The minimum Gasteiger partial charge on any atom is -0.301 e. The average molecular weight is 338 g/mol. The molecule has 134 valence electrons. The third kappa shape index (κ3) is 3.51. The van der Waals surface area contributed by atoms with Crippen LogP contribution in [0.25, 0.3) is 0 Å². The Morgan fingerprint density at radius 1 is 1.12 bits per heavy atom. The van der Waals surface area contributed by atoms with E-state index in [0.29, 0.717) is 12.1 Å². The molecule has 2 aliphatic heterocycles. The predicted molar refractivity (Wildman–Crippen MR) is 102 cm³/mol. The molecule has 4 nitrogen and oxygen atoms in total. The van der Waals surface area contributed by atoms with Crippen molar-refractivity contribution in [3.8, 4) is 0 Å². The summed E-state index contributed by atoms with van der Waals surface area (Å²) >= 11 is 0. The number of hydrogen-bond donors (Lipinski definition) is 0. The first-order valence-electron chi connectivity index (χ1n) is 9.73. The normalized spacial score (nSPS) is 25.0. The summed E-state index contributed by atoms with van der Waals surface area (Å²) in [6.45, 7) is 7.11. The molecule has 1 aromatic carbocycles. The highest BCUT2D eigenvalue weighted by Gasteiger charge is 2.36. The molecule has 0 bridgehead atoms. The van der Waals surface area contributed by atoms with Crippen molar-refractivity contribution in [1.82, 2.24) is 19.6 Å². The molecule has 3 heterocycles. The molecule has 2 saturated heterocycles. The van der Waals surface area contributed by atoms with Crippen LogP contribution in [0.2, 0.25) is 0 Å². The van der Waals surface area contributed by atoms with Crippen LogP contribution in [0.3, 0.4) is 0 Å². The lowest BCUT2D eigenvalue weighted by molar-refractivity contribution is 0.177. The lowest BCUT2D eigenvalue weighted by atomic mass is 10.0. The summed E-state index contributed by atoms with van der Waals surface area (Å²) in [6.07, 6.45) is 7.18. The Balaban J connectivity index is 1.37. The SMILES string of the molecule is Cc1c([C@H]2CCCN2[C@@H]2CCN(CCc3ccccc3)C2)cnn1C. The van der Waals surface area contributed by atoms with Gasteiger partial charge in [0.25, 0.3) is 0 Å². The largest absolute Gasteiger partial charge is 0.301 e. The van der Waals surface area contributed by atoms with E-state index < -0.39 is 0 Å². The van der Waals surface area contributed by atoms with Gasteiger partial charge in [0, 0.05) is 43.5 Å². The van der Waals surface area contributed by atoms with Crippen LogP contribution < -0.4 is 0 Å². The zero-order valence-electron chi connectivity index (χ0n) is 15.6. The molecular weight excluding hydrogens is 308 g/mol. The summed E-state index contributed by atoms with van der Waals surface area (Å²) in [5.41, 5.74) is 4.23. The van der Waals surface area contributed by atoms with Crippen LogP contribution >= 0.6 is 0 Å². The zero-order valence-corrected chi connectivity index (χ0v) is 15.6. The minimum absolute atomic E-state index is 0.577. The molecule has 4 heteroatoms. The van der Waals surface area contributed by atoms with Crippen molar-refractivity contribution < 1.29 is 0 Å². The number of aromatic nitrogens is 2. The molecule has 2 atom stereocenters. The van der Waals surface area contributed by atoms with Crippen LogP contribution in [0.15, 0.2) is 36.5 Å². The van der Waals surface area contributed by atoms with Crippen molar-refractivity contribution in [2.24, 2.45) is 7.05 Å². The Bertz CT molecular complexity index is 693. The Hall–Kier alpha value is -1.65. The van der Waals surface area contributed by atoms with Gasteiger partial charge in [0.1, 0.15) is 0 Å². The van der Waals surface area contributed by atoms with E-state index in [1.54, 1.807) is 0 Å². The number of rotatable bonds is 5. The Morgan fingerprint density at radius 3 is 2.72 bits per heavy atom. The standard InChI is InChI=1S/C21H30N4/c1-17-20(15-22-23(17)2)21-9-6-12-25(21)19-11-14-24(16-19)13-10-18-7-4-3-5-8-18/h3-5,7-8,15,19,21H,6,9-14,16H2,1-2H3/t19-,21-/m1/s1. The summed E-state index contributed by atoms with van der Waals surface area (Å²) in [4.78, 5) is 5.43. The van der Waals surface area contributed by atoms with Gasteiger partial charge in [-0.2, -0.15) is 5.10 Å². The van der Waals surface area contributed by atoms with Crippen LogP contribution in [0.1, 0.15) is 42.1 Å². The van der Waals surface area contributed by atoms with Gasteiger partial charge in [-0.1, -0.05) is 30.3 Å². The molecule has 0 radical (unpaired) electrons. The van der Waals surface area contributed by atoms with Gasteiger partial charge in [-0.15, -0.1) is 0 Å². The van der Waals surface area contributed by atoms with Gasteiger partial charge in [0.05, 0.1) is 6.20 Å². The molecule has 4 rings (SSSR count). The molecule has 0 saturated carbocycles. The highest BCUT2D eigenvalue weighted by molar-refractivity contribution is 5.22. The molecule has 25 heavy (non-hydrogen) atoms. The predicted octanol–water partition coefficient (Wildman–Crippen LogP) is 3.18. The average Bonchev–Trinajstić information content (AvgIpc) is 3.35. The molecular formula is C21H30N4. The fraction of sp³-hybridized carbons (Fsp3) is 0.571. The highest BCUT2D eigenvalue weighted by Crippen LogP contribution is 2.37. The third-order valence-electron chi connectivity index (χ3n) is 6.20. The summed E-state index contributed by atoms with van der Waals surface area (Å²) in [7, 11) is 2.05. The number of likely N-dealkylation sites (tertiary alicyclic amines) is 2. The van der Waals surface area contributed by atoms with E-state index in [-0.39, 0.29) is 0 Å². The van der Waals surface area contributed by atoms with Gasteiger partial charge >= 0.3 is 0 Å². The van der Waals surface area contributed by atoms with Crippen molar-refractivity contribution in [3.63, 3.8) is 0 Å². The lowest BCUT2D eigenvalue weighted by Gasteiger charge is -2.30. The Labute approximate surface area is 151 Å². The van der Waals surface area contributed by atoms with Crippen molar-refractivity contribution >= 4 is 0 Å². The lowest BCUT2D eigenvalue weighted by Crippen LogP contribution is -2.37. The van der Waals surface area contributed by atoms with Crippen molar-refractivity contribution in [1.29, 1.82) is 0 Å². The summed E-state index contributed by atoms with van der Waals surface area (Å²) in [5, 5.41) is 4.48. The van der Waals surface area contributed by atoms with E-state index in [4.69, 9.17) is 0 Å². The van der Waals surface area contributed by atoms with Crippen LogP contribution in [0.4, 0.5) is 0 Å². The summed E-state index contributed by atoms with van der Waals surface area (Å²) in [5.74, 6) is 0. The van der Waals surface area contributed by atoms with Gasteiger partial charge in [0.15, 0.2) is 0 Å². The monoisotopic (exact) mass is 338 g/mol. The van der Waals surface area contributed by atoms with E-state index >= 15 is 0 Å². The third-order valence-corrected chi connectivity index (χ3v) is 6.20. The molecule has 0 amide bonds. The van der Waals surface area contributed by atoms with Gasteiger partial charge in [-0.05, 0) is 51.3 Å². The maximum absolute atomic E-state index is 4.48. The topological polar surface area (TPSA) is 24.3 Å². The Kier molecular flexibility index (Phi) is 4.91. The quantitative estimate of drug-likeness (QED) is 0.837. The summed E-state index contributed by atoms with van der Waals surface area (Å²) in [6, 6.07) is 12.2. The summed E-state index contributed by atoms with van der Waals surface area (Å²) < 4.78 is 2.02. The van der Waals surface area contributed by atoms with Crippen molar-refractivity contribution in [2.75, 3.05) is 26.2 Å². The minimum atomic E-state index is 0.577.